The molecule has 0 unspecified atom stereocenters. The summed E-state index contributed by atoms with van der Waals surface area (Å²) in [6.07, 6.45) is 1.61. The van der Waals surface area contributed by atoms with Crippen LogP contribution in [0.1, 0.15) is 25.0 Å². The van der Waals surface area contributed by atoms with Gasteiger partial charge >= 0.3 is 0 Å². The SMILES string of the molecule is CN(Cc1nccs1)C(=O)c1cc(NC(=O)c2cccs2)c(F)cc1F. The Labute approximate surface area is 155 Å². The van der Waals surface area contributed by atoms with Crippen LogP contribution in [0.4, 0.5) is 14.5 Å². The van der Waals surface area contributed by atoms with Gasteiger partial charge in [0.25, 0.3) is 11.8 Å². The van der Waals surface area contributed by atoms with Gasteiger partial charge in [0.15, 0.2) is 0 Å². The van der Waals surface area contributed by atoms with Crippen LogP contribution in [0.2, 0.25) is 0 Å². The van der Waals surface area contributed by atoms with Gasteiger partial charge in [-0.25, -0.2) is 13.8 Å². The number of rotatable bonds is 5. The number of hydrogen-bond acceptors (Lipinski definition) is 5. The molecule has 0 radical (unpaired) electrons. The average molecular weight is 393 g/mol. The van der Waals surface area contributed by atoms with E-state index < -0.39 is 23.4 Å². The van der Waals surface area contributed by atoms with Crippen molar-refractivity contribution in [1.29, 1.82) is 0 Å². The van der Waals surface area contributed by atoms with Gasteiger partial charge < -0.3 is 10.2 Å². The molecule has 0 saturated carbocycles. The molecule has 0 aliphatic rings. The van der Waals surface area contributed by atoms with E-state index >= 15 is 0 Å². The lowest BCUT2D eigenvalue weighted by molar-refractivity contribution is 0.0780. The lowest BCUT2D eigenvalue weighted by Crippen LogP contribution is -2.27. The molecular formula is C17H13F2N3O2S2. The number of amides is 2. The predicted octanol–water partition coefficient (Wildman–Crippen LogP) is 4.01. The van der Waals surface area contributed by atoms with Crippen molar-refractivity contribution in [3.05, 3.63) is 68.3 Å². The Bertz CT molecular complexity index is 928. The summed E-state index contributed by atoms with van der Waals surface area (Å²) in [5, 5.41) is 6.53. The fourth-order valence-electron chi connectivity index (χ4n) is 2.21. The Balaban J connectivity index is 1.83. The van der Waals surface area contributed by atoms with Crippen molar-refractivity contribution >= 4 is 40.2 Å². The maximum absolute atomic E-state index is 14.1. The van der Waals surface area contributed by atoms with Crippen LogP contribution in [0.5, 0.6) is 0 Å². The molecule has 2 aromatic heterocycles. The molecule has 2 heterocycles. The fourth-order valence-corrected chi connectivity index (χ4v) is 3.50. The number of aromatic nitrogens is 1. The molecular weight excluding hydrogens is 380 g/mol. The van der Waals surface area contributed by atoms with E-state index in [-0.39, 0.29) is 17.8 Å². The molecule has 0 aliphatic heterocycles. The first-order valence-corrected chi connectivity index (χ1v) is 9.19. The highest BCUT2D eigenvalue weighted by Gasteiger charge is 2.21. The van der Waals surface area contributed by atoms with Crippen molar-refractivity contribution < 1.29 is 18.4 Å². The molecule has 0 aliphatic carbocycles. The summed E-state index contributed by atoms with van der Waals surface area (Å²) in [5.74, 6) is -3.11. The van der Waals surface area contributed by atoms with E-state index in [4.69, 9.17) is 0 Å². The third-order valence-electron chi connectivity index (χ3n) is 3.48. The Kier molecular flexibility index (Phi) is 5.38. The Hall–Kier alpha value is -2.65. The molecule has 0 spiro atoms. The van der Waals surface area contributed by atoms with Crippen molar-refractivity contribution in [2.45, 2.75) is 6.54 Å². The van der Waals surface area contributed by atoms with Crippen LogP contribution in [-0.4, -0.2) is 28.7 Å². The molecule has 0 atom stereocenters. The number of nitrogens with zero attached hydrogens (tertiary/aromatic N) is 2. The minimum atomic E-state index is -0.993. The van der Waals surface area contributed by atoms with E-state index in [1.165, 1.54) is 34.6 Å². The summed E-state index contributed by atoms with van der Waals surface area (Å²) in [4.78, 5) is 30.3. The summed E-state index contributed by atoms with van der Waals surface area (Å²) < 4.78 is 28.1. The number of benzene rings is 1. The standard InChI is InChI=1S/C17H13F2N3O2S2/c1-22(9-15-20-4-6-26-15)17(24)10-7-13(12(19)8-11(10)18)21-16(23)14-3-2-5-25-14/h2-8H,9H2,1H3,(H,21,23). The molecule has 134 valence electrons. The lowest BCUT2D eigenvalue weighted by atomic mass is 10.1. The second kappa shape index (κ2) is 7.71. The second-order valence-corrected chi connectivity index (χ2v) is 7.26. The zero-order valence-corrected chi connectivity index (χ0v) is 15.2. The smallest absolute Gasteiger partial charge is 0.265 e. The van der Waals surface area contributed by atoms with E-state index in [2.05, 4.69) is 10.3 Å². The summed E-state index contributed by atoms with van der Waals surface area (Å²) >= 11 is 2.55. The van der Waals surface area contributed by atoms with E-state index in [9.17, 15) is 18.4 Å². The Morgan fingerprint density at radius 2 is 2.00 bits per heavy atom. The lowest BCUT2D eigenvalue weighted by Gasteiger charge is -2.17. The molecule has 0 fully saturated rings. The Morgan fingerprint density at radius 1 is 1.19 bits per heavy atom. The molecule has 1 N–H and O–H groups in total. The number of carbonyl (C=O) groups excluding carboxylic acids is 2. The molecule has 3 rings (SSSR count). The van der Waals surface area contributed by atoms with Gasteiger partial charge in [0.2, 0.25) is 0 Å². The molecule has 3 aromatic rings. The minimum Gasteiger partial charge on any atom is -0.335 e. The average Bonchev–Trinajstić information content (AvgIpc) is 3.30. The van der Waals surface area contributed by atoms with E-state index in [1.54, 1.807) is 29.1 Å². The topological polar surface area (TPSA) is 62.3 Å². The zero-order chi connectivity index (χ0) is 18.7. The highest BCUT2D eigenvalue weighted by atomic mass is 32.1. The van der Waals surface area contributed by atoms with Gasteiger partial charge in [-0.1, -0.05) is 6.07 Å². The first-order valence-electron chi connectivity index (χ1n) is 7.43. The predicted molar refractivity (Wildman–Crippen MR) is 96.5 cm³/mol. The first kappa shape index (κ1) is 18.2. The van der Waals surface area contributed by atoms with Gasteiger partial charge in [-0.15, -0.1) is 22.7 Å². The van der Waals surface area contributed by atoms with Gasteiger partial charge in [0, 0.05) is 24.7 Å². The van der Waals surface area contributed by atoms with Crippen LogP contribution >= 0.6 is 22.7 Å². The summed E-state index contributed by atoms with van der Waals surface area (Å²) in [5.41, 5.74) is -0.581. The number of carbonyl (C=O) groups is 2. The number of halogens is 2. The van der Waals surface area contributed by atoms with Crippen LogP contribution in [-0.2, 0) is 6.54 Å². The second-order valence-electron chi connectivity index (χ2n) is 5.33. The number of thiazole rings is 1. The number of nitrogens with one attached hydrogen (secondary N) is 1. The Morgan fingerprint density at radius 3 is 2.65 bits per heavy atom. The van der Waals surface area contributed by atoms with Crippen molar-refractivity contribution in [3.8, 4) is 0 Å². The molecule has 5 nitrogen and oxygen atoms in total. The van der Waals surface area contributed by atoms with Crippen LogP contribution in [0.15, 0.2) is 41.2 Å². The maximum Gasteiger partial charge on any atom is 0.265 e. The largest absolute Gasteiger partial charge is 0.335 e. The van der Waals surface area contributed by atoms with Gasteiger partial charge in [0.1, 0.15) is 16.6 Å². The highest BCUT2D eigenvalue weighted by Crippen LogP contribution is 2.23. The number of anilines is 1. The molecule has 0 bridgehead atoms. The zero-order valence-electron chi connectivity index (χ0n) is 13.5. The van der Waals surface area contributed by atoms with E-state index in [0.717, 1.165) is 6.07 Å². The van der Waals surface area contributed by atoms with Crippen molar-refractivity contribution in [2.24, 2.45) is 0 Å². The van der Waals surface area contributed by atoms with Crippen molar-refractivity contribution in [3.63, 3.8) is 0 Å². The summed E-state index contributed by atoms with van der Waals surface area (Å²) in [6.45, 7) is 0.199. The molecule has 26 heavy (non-hydrogen) atoms. The normalized spacial score (nSPS) is 10.6. The highest BCUT2D eigenvalue weighted by molar-refractivity contribution is 7.12. The quantitative estimate of drug-likeness (QED) is 0.713. The fraction of sp³-hybridized carbons (Fsp3) is 0.118. The monoisotopic (exact) mass is 393 g/mol. The van der Waals surface area contributed by atoms with Crippen LogP contribution in [0.25, 0.3) is 0 Å². The van der Waals surface area contributed by atoms with Gasteiger partial charge in [-0.05, 0) is 17.5 Å². The first-order chi connectivity index (χ1) is 12.5. The number of thiophene rings is 1. The molecule has 9 heteroatoms. The molecule has 0 saturated heterocycles. The molecule has 2 amide bonds. The third-order valence-corrected chi connectivity index (χ3v) is 5.12. The van der Waals surface area contributed by atoms with E-state index in [0.29, 0.717) is 16.0 Å². The van der Waals surface area contributed by atoms with Gasteiger partial charge in [-0.2, -0.15) is 0 Å². The minimum absolute atomic E-state index is 0.199. The van der Waals surface area contributed by atoms with Crippen LogP contribution < -0.4 is 5.32 Å². The van der Waals surface area contributed by atoms with Crippen LogP contribution in [0.3, 0.4) is 0 Å². The molecule has 1 aromatic carbocycles. The van der Waals surface area contributed by atoms with Crippen molar-refractivity contribution in [2.75, 3.05) is 12.4 Å². The van der Waals surface area contributed by atoms with Gasteiger partial charge in [-0.3, -0.25) is 9.59 Å². The number of hydrogen-bond donors (Lipinski definition) is 1. The summed E-state index contributed by atoms with van der Waals surface area (Å²) in [7, 11) is 1.50. The maximum atomic E-state index is 14.1. The summed E-state index contributed by atoms with van der Waals surface area (Å²) in [6, 6.07) is 4.86. The van der Waals surface area contributed by atoms with Crippen molar-refractivity contribution in [1.82, 2.24) is 9.88 Å². The van der Waals surface area contributed by atoms with Crippen LogP contribution in [0, 0.1) is 11.6 Å². The van der Waals surface area contributed by atoms with Gasteiger partial charge in [0.05, 0.1) is 22.7 Å². The third kappa shape index (κ3) is 3.94. The van der Waals surface area contributed by atoms with E-state index in [1.807, 2.05) is 0 Å².